The Morgan fingerprint density at radius 2 is 2.07 bits per heavy atom. The average Bonchev–Trinajstić information content (AvgIpc) is 3.19. The van der Waals surface area contributed by atoms with Crippen LogP contribution in [0, 0.1) is 0 Å². The maximum absolute atomic E-state index is 11.9. The smallest absolute Gasteiger partial charge is 0.341 e. The van der Waals surface area contributed by atoms with Gasteiger partial charge in [0, 0.05) is 32.1 Å². The summed E-state index contributed by atoms with van der Waals surface area (Å²) in [4.78, 5) is 30.3. The molecule has 0 radical (unpaired) electrons. The van der Waals surface area contributed by atoms with Crippen molar-refractivity contribution in [3.63, 3.8) is 0 Å². The lowest BCUT2D eigenvalue weighted by Crippen LogP contribution is -2.45. The van der Waals surface area contributed by atoms with Gasteiger partial charge in [0.15, 0.2) is 5.96 Å². The van der Waals surface area contributed by atoms with Crippen LogP contribution in [-0.2, 0) is 16.1 Å². The SMILES string of the molecule is CCNC(=NCc1ccc(OC)c(C(=O)OC)c1)NC1CCN(C(=O)CC)C1. The summed E-state index contributed by atoms with van der Waals surface area (Å²) in [7, 11) is 2.86. The first-order valence-electron chi connectivity index (χ1n) is 9.60. The van der Waals surface area contributed by atoms with Crippen LogP contribution in [0.25, 0.3) is 0 Å². The monoisotopic (exact) mass is 390 g/mol. The molecule has 1 aromatic carbocycles. The number of ether oxygens (including phenoxy) is 2. The predicted octanol–water partition coefficient (Wildman–Crippen LogP) is 1.55. The lowest BCUT2D eigenvalue weighted by atomic mass is 10.1. The summed E-state index contributed by atoms with van der Waals surface area (Å²) < 4.78 is 10.0. The van der Waals surface area contributed by atoms with Crippen LogP contribution in [0.1, 0.15) is 42.6 Å². The number of aliphatic imine (C=N–C) groups is 1. The van der Waals surface area contributed by atoms with E-state index in [1.165, 1.54) is 14.2 Å². The summed E-state index contributed by atoms with van der Waals surface area (Å²) in [6.07, 6.45) is 1.42. The van der Waals surface area contributed by atoms with Crippen molar-refractivity contribution in [2.45, 2.75) is 39.3 Å². The number of carbonyl (C=O) groups excluding carboxylic acids is 2. The molecule has 1 saturated heterocycles. The number of guanidine groups is 1. The lowest BCUT2D eigenvalue weighted by Gasteiger charge is -2.18. The number of carbonyl (C=O) groups is 2. The number of likely N-dealkylation sites (tertiary alicyclic amines) is 1. The fourth-order valence-electron chi connectivity index (χ4n) is 3.13. The molecule has 0 aromatic heterocycles. The van der Waals surface area contributed by atoms with Crippen LogP contribution in [0.3, 0.4) is 0 Å². The molecule has 1 unspecified atom stereocenters. The van der Waals surface area contributed by atoms with E-state index in [-0.39, 0.29) is 11.9 Å². The molecule has 1 heterocycles. The van der Waals surface area contributed by atoms with Gasteiger partial charge in [-0.2, -0.15) is 0 Å². The minimum Gasteiger partial charge on any atom is -0.496 e. The Labute approximate surface area is 166 Å². The molecule has 0 bridgehead atoms. The van der Waals surface area contributed by atoms with Crippen molar-refractivity contribution in [3.05, 3.63) is 29.3 Å². The number of nitrogens with zero attached hydrogens (tertiary/aromatic N) is 2. The molecule has 2 N–H and O–H groups in total. The van der Waals surface area contributed by atoms with Crippen LogP contribution < -0.4 is 15.4 Å². The lowest BCUT2D eigenvalue weighted by molar-refractivity contribution is -0.129. The third-order valence-corrected chi connectivity index (χ3v) is 4.62. The summed E-state index contributed by atoms with van der Waals surface area (Å²) in [5.74, 6) is 0.893. The molecule has 0 spiro atoms. The fourth-order valence-corrected chi connectivity index (χ4v) is 3.13. The van der Waals surface area contributed by atoms with Gasteiger partial charge < -0.3 is 25.0 Å². The average molecular weight is 390 g/mol. The second-order valence-electron chi connectivity index (χ2n) is 6.54. The number of rotatable bonds is 7. The Bertz CT molecular complexity index is 720. The molecule has 0 saturated carbocycles. The molecule has 0 aliphatic carbocycles. The van der Waals surface area contributed by atoms with Crippen LogP contribution in [0.2, 0.25) is 0 Å². The minimum atomic E-state index is -0.445. The highest BCUT2D eigenvalue weighted by Crippen LogP contribution is 2.21. The number of benzene rings is 1. The van der Waals surface area contributed by atoms with Gasteiger partial charge >= 0.3 is 5.97 Å². The van der Waals surface area contributed by atoms with Gasteiger partial charge in [0.05, 0.1) is 20.8 Å². The highest BCUT2D eigenvalue weighted by Gasteiger charge is 2.25. The van der Waals surface area contributed by atoms with E-state index in [9.17, 15) is 9.59 Å². The maximum Gasteiger partial charge on any atom is 0.341 e. The molecule has 154 valence electrons. The van der Waals surface area contributed by atoms with E-state index < -0.39 is 5.97 Å². The largest absolute Gasteiger partial charge is 0.496 e. The molecule has 2 rings (SSSR count). The Morgan fingerprint density at radius 1 is 1.29 bits per heavy atom. The number of nitrogens with one attached hydrogen (secondary N) is 2. The summed E-state index contributed by atoms with van der Waals surface area (Å²) in [5.41, 5.74) is 1.24. The topological polar surface area (TPSA) is 92.3 Å². The van der Waals surface area contributed by atoms with E-state index in [1.807, 2.05) is 24.8 Å². The first kappa shape index (κ1) is 21.5. The molecular weight excluding hydrogens is 360 g/mol. The molecule has 8 nitrogen and oxygen atoms in total. The van der Waals surface area contributed by atoms with E-state index in [4.69, 9.17) is 9.47 Å². The molecule has 1 aliphatic rings. The second-order valence-corrected chi connectivity index (χ2v) is 6.54. The summed E-state index contributed by atoms with van der Waals surface area (Å²) in [6.45, 7) is 6.46. The van der Waals surface area contributed by atoms with Crippen LogP contribution in [-0.4, -0.2) is 62.6 Å². The van der Waals surface area contributed by atoms with Crippen LogP contribution in [0.5, 0.6) is 5.75 Å². The zero-order valence-corrected chi connectivity index (χ0v) is 17.1. The molecular formula is C20H30N4O4. The first-order valence-corrected chi connectivity index (χ1v) is 9.60. The van der Waals surface area contributed by atoms with Gasteiger partial charge in [-0.25, -0.2) is 9.79 Å². The van der Waals surface area contributed by atoms with E-state index in [0.29, 0.717) is 36.8 Å². The Kier molecular flexibility index (Phi) is 8.10. The number of amides is 1. The van der Waals surface area contributed by atoms with Crippen molar-refractivity contribution in [1.29, 1.82) is 0 Å². The first-order chi connectivity index (χ1) is 13.5. The fraction of sp³-hybridized carbons (Fsp3) is 0.550. The maximum atomic E-state index is 11.9. The number of esters is 1. The van der Waals surface area contributed by atoms with E-state index >= 15 is 0 Å². The van der Waals surface area contributed by atoms with Crippen molar-refractivity contribution < 1.29 is 19.1 Å². The van der Waals surface area contributed by atoms with Crippen molar-refractivity contribution in [2.24, 2.45) is 4.99 Å². The molecule has 28 heavy (non-hydrogen) atoms. The second kappa shape index (κ2) is 10.5. The quantitative estimate of drug-likeness (QED) is 0.417. The van der Waals surface area contributed by atoms with Gasteiger partial charge in [-0.1, -0.05) is 13.0 Å². The summed E-state index contributed by atoms with van der Waals surface area (Å²) in [5, 5.41) is 6.62. The minimum absolute atomic E-state index is 0.176. The van der Waals surface area contributed by atoms with Crippen molar-refractivity contribution in [1.82, 2.24) is 15.5 Å². The molecule has 1 amide bonds. The number of hydrogen-bond acceptors (Lipinski definition) is 5. The van der Waals surface area contributed by atoms with Gasteiger partial charge in [-0.05, 0) is 31.0 Å². The van der Waals surface area contributed by atoms with E-state index in [2.05, 4.69) is 15.6 Å². The summed E-state index contributed by atoms with van der Waals surface area (Å²) in [6, 6.07) is 5.52. The van der Waals surface area contributed by atoms with Crippen molar-refractivity contribution in [2.75, 3.05) is 33.9 Å². The van der Waals surface area contributed by atoms with Gasteiger partial charge in [0.25, 0.3) is 0 Å². The zero-order valence-electron chi connectivity index (χ0n) is 17.1. The molecule has 1 fully saturated rings. The Morgan fingerprint density at radius 3 is 2.71 bits per heavy atom. The van der Waals surface area contributed by atoms with Gasteiger partial charge in [-0.3, -0.25) is 4.79 Å². The van der Waals surface area contributed by atoms with Crippen LogP contribution in [0.15, 0.2) is 23.2 Å². The molecule has 1 atom stereocenters. The predicted molar refractivity (Wildman–Crippen MR) is 108 cm³/mol. The number of hydrogen-bond donors (Lipinski definition) is 2. The van der Waals surface area contributed by atoms with Gasteiger partial charge in [0.2, 0.25) is 5.91 Å². The third kappa shape index (κ3) is 5.61. The summed E-state index contributed by atoms with van der Waals surface area (Å²) >= 11 is 0. The van der Waals surface area contributed by atoms with Gasteiger partial charge in [-0.15, -0.1) is 0 Å². The van der Waals surface area contributed by atoms with Crippen LogP contribution >= 0.6 is 0 Å². The normalized spacial score (nSPS) is 16.6. The zero-order chi connectivity index (χ0) is 20.5. The van der Waals surface area contributed by atoms with Crippen molar-refractivity contribution >= 4 is 17.8 Å². The number of methoxy groups -OCH3 is 2. The highest BCUT2D eigenvalue weighted by molar-refractivity contribution is 5.92. The van der Waals surface area contributed by atoms with Crippen molar-refractivity contribution in [3.8, 4) is 5.75 Å². The third-order valence-electron chi connectivity index (χ3n) is 4.62. The Hall–Kier alpha value is -2.77. The molecule has 8 heteroatoms. The highest BCUT2D eigenvalue weighted by atomic mass is 16.5. The standard InChI is InChI=1S/C20H30N4O4/c1-5-18(25)24-10-9-15(13-24)23-20(21-6-2)22-12-14-7-8-17(27-3)16(11-14)19(26)28-4/h7-8,11,15H,5-6,9-10,12-13H2,1-4H3,(H2,21,22,23). The Balaban J connectivity index is 2.06. The molecule has 1 aromatic rings. The van der Waals surface area contributed by atoms with E-state index in [1.54, 1.807) is 12.1 Å². The van der Waals surface area contributed by atoms with Crippen LogP contribution in [0.4, 0.5) is 0 Å². The molecule has 1 aliphatic heterocycles. The van der Waals surface area contributed by atoms with E-state index in [0.717, 1.165) is 25.1 Å². The van der Waals surface area contributed by atoms with Gasteiger partial charge in [0.1, 0.15) is 11.3 Å².